The van der Waals surface area contributed by atoms with Crippen LogP contribution in [0.25, 0.3) is 0 Å². The van der Waals surface area contributed by atoms with E-state index in [-0.39, 0.29) is 25.7 Å². The molecule has 110 heavy (non-hydrogen) atoms. The van der Waals surface area contributed by atoms with Crippen molar-refractivity contribution in [1.82, 2.24) is 0 Å². The summed E-state index contributed by atoms with van der Waals surface area (Å²) >= 11 is 0. The van der Waals surface area contributed by atoms with Crippen molar-refractivity contribution in [1.29, 1.82) is 0 Å². The fraction of sp³-hybridized carbons (Fsp3) is 0.670. The van der Waals surface area contributed by atoms with Crippen molar-refractivity contribution >= 4 is 39.5 Å². The first-order chi connectivity index (χ1) is 53.7. The van der Waals surface area contributed by atoms with E-state index >= 15 is 0 Å². The standard InChI is InChI=1S/C91H152O17P2/c1-5-9-13-17-21-25-29-33-37-40-42-45-48-51-55-59-63-67-71-75-88(93)101-81-86(107-90(95)77-73-69-65-61-57-53-47-36-32-28-24-20-16-12-8-4)83-105-109(97,98)103-79-85(92)80-104-110(99,100)106-84-87(108-91(96)78-74-70-66-62-58-54-50-44-39-35-31-27-23-19-15-11-7-3)82-102-89(94)76-72-68-64-60-56-52-49-46-43-41-38-34-30-26-22-18-14-10-6-2/h9-11,13-15,21-23,25-27,33-35,37-39,42-43,45-46,50-51,54-55,85-87,92H,5-8,12,16-20,24,28-32,36,40-41,44,47-49,52-53,56-84H2,1-4H3,(H,97,98)(H,99,100)/b13-9-,14-10-,15-11-,25-21-,26-22-,27-23-,37-33-,38-34-,39-35-,45-42-,46-43-,54-50-,55-51-. The molecule has 0 bridgehead atoms. The van der Waals surface area contributed by atoms with Gasteiger partial charge in [-0.25, -0.2) is 9.13 Å². The highest BCUT2D eigenvalue weighted by Crippen LogP contribution is 2.45. The average Bonchev–Trinajstić information content (AvgIpc) is 0.899. The summed E-state index contributed by atoms with van der Waals surface area (Å²) in [6, 6.07) is 0. The molecule has 0 heterocycles. The van der Waals surface area contributed by atoms with Crippen LogP contribution in [0.4, 0.5) is 0 Å². The molecule has 5 atom stereocenters. The Bertz CT molecular complexity index is 2700. The lowest BCUT2D eigenvalue weighted by Gasteiger charge is -2.21. The molecule has 0 saturated heterocycles. The van der Waals surface area contributed by atoms with Gasteiger partial charge in [0.15, 0.2) is 12.2 Å². The molecule has 5 unspecified atom stereocenters. The van der Waals surface area contributed by atoms with Gasteiger partial charge < -0.3 is 33.8 Å². The molecule has 0 spiro atoms. The number of carbonyl (C=O) groups excluding carboxylic acids is 4. The Morgan fingerprint density at radius 3 is 0.736 bits per heavy atom. The van der Waals surface area contributed by atoms with Gasteiger partial charge in [0, 0.05) is 25.7 Å². The van der Waals surface area contributed by atoms with E-state index in [1.807, 2.05) is 0 Å². The highest BCUT2D eigenvalue weighted by atomic mass is 31.2. The maximum atomic E-state index is 13.1. The van der Waals surface area contributed by atoms with E-state index in [0.717, 1.165) is 193 Å². The van der Waals surface area contributed by atoms with Gasteiger partial charge >= 0.3 is 39.5 Å². The van der Waals surface area contributed by atoms with Crippen LogP contribution in [0.2, 0.25) is 0 Å². The quantitative estimate of drug-likeness (QED) is 0.0169. The van der Waals surface area contributed by atoms with E-state index in [1.165, 1.54) is 64.2 Å². The van der Waals surface area contributed by atoms with Gasteiger partial charge in [0.2, 0.25) is 0 Å². The summed E-state index contributed by atoms with van der Waals surface area (Å²) in [6.07, 6.45) is 96.3. The lowest BCUT2D eigenvalue weighted by atomic mass is 10.0. The lowest BCUT2D eigenvalue weighted by molar-refractivity contribution is -0.161. The van der Waals surface area contributed by atoms with Crippen molar-refractivity contribution in [3.63, 3.8) is 0 Å². The first-order valence-electron chi connectivity index (χ1n) is 42.7. The molecule has 0 rings (SSSR count). The van der Waals surface area contributed by atoms with Crippen LogP contribution < -0.4 is 0 Å². The smallest absolute Gasteiger partial charge is 0.462 e. The minimum atomic E-state index is -5.00. The molecule has 0 aromatic rings. The van der Waals surface area contributed by atoms with E-state index < -0.39 is 97.5 Å². The van der Waals surface area contributed by atoms with Crippen LogP contribution in [0.3, 0.4) is 0 Å². The molecule has 17 nitrogen and oxygen atoms in total. The second kappa shape index (κ2) is 81.7. The van der Waals surface area contributed by atoms with Crippen molar-refractivity contribution in [2.75, 3.05) is 39.6 Å². The number of phosphoric acid groups is 2. The number of aliphatic hydroxyl groups excluding tert-OH is 1. The van der Waals surface area contributed by atoms with Crippen LogP contribution in [0.5, 0.6) is 0 Å². The molecule has 0 fully saturated rings. The van der Waals surface area contributed by atoms with Crippen LogP contribution in [-0.2, 0) is 65.4 Å². The molecule has 19 heteroatoms. The molecule has 0 aliphatic rings. The van der Waals surface area contributed by atoms with Crippen molar-refractivity contribution in [3.05, 3.63) is 158 Å². The molecule has 3 N–H and O–H groups in total. The molecule has 0 aliphatic heterocycles. The highest BCUT2D eigenvalue weighted by Gasteiger charge is 2.30. The van der Waals surface area contributed by atoms with E-state index in [9.17, 15) is 43.2 Å². The Kier molecular flexibility index (Phi) is 77.7. The summed E-state index contributed by atoms with van der Waals surface area (Å²) in [5.41, 5.74) is 0. The molecule has 0 amide bonds. The minimum Gasteiger partial charge on any atom is -0.462 e. The summed E-state index contributed by atoms with van der Waals surface area (Å²) in [7, 11) is -10.00. The van der Waals surface area contributed by atoms with Gasteiger partial charge in [-0.15, -0.1) is 0 Å². The third kappa shape index (κ3) is 80.7. The zero-order valence-corrected chi connectivity index (χ0v) is 70.7. The third-order valence-corrected chi connectivity index (χ3v) is 19.4. The fourth-order valence-electron chi connectivity index (χ4n) is 11.1. The molecule has 0 aromatic carbocycles. The van der Waals surface area contributed by atoms with Crippen molar-refractivity contribution in [2.24, 2.45) is 0 Å². The predicted molar refractivity (Wildman–Crippen MR) is 454 cm³/mol. The molecule has 0 saturated carbocycles. The second-order valence-corrected chi connectivity index (χ2v) is 30.9. The van der Waals surface area contributed by atoms with Crippen LogP contribution in [0.1, 0.15) is 336 Å². The Hall–Kier alpha value is -5.32. The van der Waals surface area contributed by atoms with Crippen LogP contribution in [0, 0.1) is 0 Å². The maximum absolute atomic E-state index is 13.1. The Balaban J connectivity index is 5.44. The molecule has 0 aliphatic carbocycles. The Labute approximate surface area is 668 Å². The van der Waals surface area contributed by atoms with Crippen molar-refractivity contribution < 1.29 is 80.2 Å². The molecular weight excluding hydrogens is 1430 g/mol. The Morgan fingerprint density at radius 1 is 0.264 bits per heavy atom. The maximum Gasteiger partial charge on any atom is 0.472 e. The largest absolute Gasteiger partial charge is 0.472 e. The van der Waals surface area contributed by atoms with E-state index in [4.69, 9.17) is 37.0 Å². The van der Waals surface area contributed by atoms with Crippen LogP contribution in [0.15, 0.2) is 158 Å². The average molecular weight is 1580 g/mol. The summed E-state index contributed by atoms with van der Waals surface area (Å²) in [5.74, 6) is -2.25. The number of esters is 4. The number of phosphoric ester groups is 2. The van der Waals surface area contributed by atoms with E-state index in [1.54, 1.807) is 0 Å². The van der Waals surface area contributed by atoms with Gasteiger partial charge in [-0.1, -0.05) is 321 Å². The van der Waals surface area contributed by atoms with Gasteiger partial charge in [-0.05, 0) is 148 Å². The summed E-state index contributed by atoms with van der Waals surface area (Å²) in [4.78, 5) is 73.3. The molecule has 628 valence electrons. The highest BCUT2D eigenvalue weighted by molar-refractivity contribution is 7.47. The zero-order chi connectivity index (χ0) is 80.3. The van der Waals surface area contributed by atoms with Crippen LogP contribution >= 0.6 is 15.6 Å². The van der Waals surface area contributed by atoms with Crippen LogP contribution in [-0.4, -0.2) is 96.7 Å². The normalized spacial score (nSPS) is 14.6. The predicted octanol–water partition coefficient (Wildman–Crippen LogP) is 25.6. The lowest BCUT2D eigenvalue weighted by Crippen LogP contribution is -2.30. The topological polar surface area (TPSA) is 237 Å². The molecule has 0 aromatic heterocycles. The van der Waals surface area contributed by atoms with Gasteiger partial charge in [0.05, 0.1) is 26.4 Å². The zero-order valence-electron chi connectivity index (χ0n) is 68.9. The summed E-state index contributed by atoms with van der Waals surface area (Å²) in [6.45, 7) is 4.49. The monoisotopic (exact) mass is 1580 g/mol. The summed E-state index contributed by atoms with van der Waals surface area (Å²) < 4.78 is 68.8. The number of carbonyl (C=O) groups is 4. The van der Waals surface area contributed by atoms with Gasteiger partial charge in [0.1, 0.15) is 19.3 Å². The van der Waals surface area contributed by atoms with E-state index in [2.05, 4.69) is 186 Å². The summed E-state index contributed by atoms with van der Waals surface area (Å²) in [5, 5.41) is 10.7. The molecular formula is C91H152O17P2. The number of unbranched alkanes of at least 4 members (excludes halogenated alkanes) is 27. The number of hydrogen-bond donors (Lipinski definition) is 3. The minimum absolute atomic E-state index is 0.0585. The van der Waals surface area contributed by atoms with Crippen molar-refractivity contribution in [3.8, 4) is 0 Å². The fourth-order valence-corrected chi connectivity index (χ4v) is 12.7. The van der Waals surface area contributed by atoms with E-state index in [0.29, 0.717) is 25.7 Å². The second-order valence-electron chi connectivity index (χ2n) is 28.0. The number of rotatable bonds is 79. The number of allylic oxidation sites excluding steroid dienone is 26. The first-order valence-corrected chi connectivity index (χ1v) is 45.7. The first kappa shape index (κ1) is 105. The number of hydrogen-bond acceptors (Lipinski definition) is 15. The number of aliphatic hydroxyl groups is 1. The van der Waals surface area contributed by atoms with Gasteiger partial charge in [0.25, 0.3) is 0 Å². The van der Waals surface area contributed by atoms with Gasteiger partial charge in [-0.3, -0.25) is 37.3 Å². The van der Waals surface area contributed by atoms with Crippen molar-refractivity contribution in [2.45, 2.75) is 354 Å². The SMILES string of the molecule is CC/C=C\C/C=C\C/C=C\C/C=C\C/C=C\CCCCCC(=O)OCC(COP(=O)(O)OCC(O)COP(=O)(O)OCC(COC(=O)CCCCCCCC/C=C\C/C=C\C/C=C\C/C=C\CC)OC(=O)CCCCCC/C=C\C/C=C\C/C=C\C/C=C\CC)OC(=O)CCCCCCCCCCCCCCCCC. The van der Waals surface area contributed by atoms with Gasteiger partial charge in [-0.2, -0.15) is 0 Å². The third-order valence-electron chi connectivity index (χ3n) is 17.5. The Morgan fingerprint density at radius 2 is 0.473 bits per heavy atom. The molecule has 0 radical (unpaired) electrons. The number of ether oxygens (including phenoxy) is 4.